The van der Waals surface area contributed by atoms with Crippen LogP contribution in [0.2, 0.25) is 0 Å². The molecule has 20 heavy (non-hydrogen) atoms. The van der Waals surface area contributed by atoms with Crippen molar-refractivity contribution >= 4 is 38.6 Å². The van der Waals surface area contributed by atoms with Crippen molar-refractivity contribution in [1.82, 2.24) is 10.3 Å². The molecule has 1 atom stereocenters. The number of hydrogen-bond acceptors (Lipinski definition) is 3. The zero-order chi connectivity index (χ0) is 13.8. The van der Waals surface area contributed by atoms with Crippen molar-refractivity contribution in [3.05, 3.63) is 40.5 Å². The first-order valence-electron chi connectivity index (χ1n) is 7.19. The Labute approximate surface area is 132 Å². The highest BCUT2D eigenvalue weighted by molar-refractivity contribution is 9.10. The second-order valence-corrected chi connectivity index (χ2v) is 7.49. The molecule has 1 aromatic carbocycles. The predicted octanol–water partition coefficient (Wildman–Crippen LogP) is 4.37. The molecule has 1 aromatic heterocycles. The first-order valence-corrected chi connectivity index (χ1v) is 9.03. The minimum absolute atomic E-state index is 0.790. The Balaban J connectivity index is 1.67. The fourth-order valence-corrected chi connectivity index (χ4v) is 4.40. The zero-order valence-electron chi connectivity index (χ0n) is 11.4. The normalized spacial score (nSPS) is 19.4. The van der Waals surface area contributed by atoms with E-state index in [9.17, 15) is 0 Å². The van der Waals surface area contributed by atoms with Gasteiger partial charge in [-0.05, 0) is 36.3 Å². The molecule has 0 saturated carbocycles. The van der Waals surface area contributed by atoms with Crippen LogP contribution in [0.3, 0.4) is 0 Å². The number of rotatable bonds is 4. The SMILES string of the molecule is Brc1ccc(CNCC2CCCCS2)c2ncccc12. The Hall–Kier alpha value is -0.580. The number of aromatic nitrogens is 1. The highest BCUT2D eigenvalue weighted by Crippen LogP contribution is 2.26. The molecule has 0 aliphatic carbocycles. The van der Waals surface area contributed by atoms with Crippen molar-refractivity contribution in [2.24, 2.45) is 0 Å². The molecule has 1 fully saturated rings. The van der Waals surface area contributed by atoms with Gasteiger partial charge in [-0.1, -0.05) is 34.5 Å². The molecule has 0 spiro atoms. The fourth-order valence-electron chi connectivity index (χ4n) is 2.68. The Morgan fingerprint density at radius 3 is 3.10 bits per heavy atom. The summed E-state index contributed by atoms with van der Waals surface area (Å²) in [5.74, 6) is 1.33. The highest BCUT2D eigenvalue weighted by atomic mass is 79.9. The molecule has 1 aliphatic rings. The lowest BCUT2D eigenvalue weighted by molar-refractivity contribution is 0.598. The molecule has 1 aliphatic heterocycles. The van der Waals surface area contributed by atoms with E-state index in [2.05, 4.69) is 56.2 Å². The maximum absolute atomic E-state index is 4.53. The van der Waals surface area contributed by atoms with Gasteiger partial charge in [0.2, 0.25) is 0 Å². The van der Waals surface area contributed by atoms with E-state index in [1.54, 1.807) is 0 Å². The number of hydrogen-bond donors (Lipinski definition) is 1. The van der Waals surface area contributed by atoms with Crippen LogP contribution in [0.25, 0.3) is 10.9 Å². The maximum Gasteiger partial charge on any atom is 0.0758 e. The molecule has 2 nitrogen and oxygen atoms in total. The Kier molecular flexibility index (Phi) is 4.97. The van der Waals surface area contributed by atoms with E-state index in [1.807, 2.05) is 12.3 Å². The molecular formula is C16H19BrN2S. The average Bonchev–Trinajstić information content (AvgIpc) is 2.51. The number of thioether (sulfide) groups is 1. The van der Waals surface area contributed by atoms with Crippen LogP contribution in [0.1, 0.15) is 24.8 Å². The molecule has 4 heteroatoms. The van der Waals surface area contributed by atoms with Gasteiger partial charge in [-0.15, -0.1) is 0 Å². The molecule has 0 radical (unpaired) electrons. The molecule has 1 unspecified atom stereocenters. The van der Waals surface area contributed by atoms with Crippen LogP contribution >= 0.6 is 27.7 Å². The van der Waals surface area contributed by atoms with Crippen LogP contribution in [0.5, 0.6) is 0 Å². The summed E-state index contributed by atoms with van der Waals surface area (Å²) in [5, 5.41) is 5.59. The van der Waals surface area contributed by atoms with Gasteiger partial charge in [-0.3, -0.25) is 4.98 Å². The summed E-state index contributed by atoms with van der Waals surface area (Å²) in [7, 11) is 0. The monoisotopic (exact) mass is 350 g/mol. The summed E-state index contributed by atoms with van der Waals surface area (Å²) in [4.78, 5) is 4.53. The van der Waals surface area contributed by atoms with Crippen LogP contribution in [0.4, 0.5) is 0 Å². The predicted molar refractivity (Wildman–Crippen MR) is 91.2 cm³/mol. The number of halogens is 1. The lowest BCUT2D eigenvalue weighted by Gasteiger charge is -2.21. The number of benzene rings is 1. The molecule has 0 bridgehead atoms. The van der Waals surface area contributed by atoms with E-state index in [4.69, 9.17) is 0 Å². The number of pyridine rings is 1. The summed E-state index contributed by atoms with van der Waals surface area (Å²) in [6, 6.07) is 8.40. The summed E-state index contributed by atoms with van der Waals surface area (Å²) in [6.45, 7) is 2.01. The van der Waals surface area contributed by atoms with Crippen LogP contribution in [0, 0.1) is 0 Å². The second kappa shape index (κ2) is 6.92. The van der Waals surface area contributed by atoms with Gasteiger partial charge in [0, 0.05) is 34.4 Å². The summed E-state index contributed by atoms with van der Waals surface area (Å²) in [6.07, 6.45) is 6.01. The molecule has 3 rings (SSSR count). The molecule has 2 heterocycles. The standard InChI is InChI=1S/C16H19BrN2S/c17-15-7-6-12(16-14(15)5-3-8-19-16)10-18-11-13-4-1-2-9-20-13/h3,5-8,13,18H,1-2,4,9-11H2. The minimum Gasteiger partial charge on any atom is -0.311 e. The lowest BCUT2D eigenvalue weighted by Crippen LogP contribution is -2.26. The quantitative estimate of drug-likeness (QED) is 0.885. The largest absolute Gasteiger partial charge is 0.311 e. The third-order valence-corrected chi connectivity index (χ3v) is 5.85. The van der Waals surface area contributed by atoms with Crippen molar-refractivity contribution in [1.29, 1.82) is 0 Å². The molecule has 1 N–H and O–H groups in total. The molecule has 1 saturated heterocycles. The van der Waals surface area contributed by atoms with E-state index in [0.29, 0.717) is 0 Å². The van der Waals surface area contributed by atoms with E-state index in [1.165, 1.54) is 36.0 Å². The smallest absolute Gasteiger partial charge is 0.0758 e. The zero-order valence-corrected chi connectivity index (χ0v) is 13.8. The summed E-state index contributed by atoms with van der Waals surface area (Å²) < 4.78 is 1.12. The maximum atomic E-state index is 4.53. The van der Waals surface area contributed by atoms with Crippen LogP contribution < -0.4 is 5.32 Å². The average molecular weight is 351 g/mol. The number of nitrogens with zero attached hydrogens (tertiary/aromatic N) is 1. The first kappa shape index (κ1) is 14.4. The van der Waals surface area contributed by atoms with Crippen LogP contribution in [0.15, 0.2) is 34.9 Å². The minimum atomic E-state index is 0.790. The van der Waals surface area contributed by atoms with Crippen molar-refractivity contribution in [2.75, 3.05) is 12.3 Å². The van der Waals surface area contributed by atoms with Gasteiger partial charge >= 0.3 is 0 Å². The summed E-state index contributed by atoms with van der Waals surface area (Å²) in [5.41, 5.74) is 2.38. The van der Waals surface area contributed by atoms with Crippen LogP contribution in [-0.4, -0.2) is 22.5 Å². The Morgan fingerprint density at radius 1 is 1.30 bits per heavy atom. The van der Waals surface area contributed by atoms with E-state index in [0.717, 1.165) is 28.3 Å². The second-order valence-electron chi connectivity index (χ2n) is 5.23. The molecule has 0 amide bonds. The third-order valence-electron chi connectivity index (χ3n) is 3.76. The number of nitrogens with one attached hydrogen (secondary N) is 1. The molecular weight excluding hydrogens is 332 g/mol. The van der Waals surface area contributed by atoms with E-state index in [-0.39, 0.29) is 0 Å². The molecule has 2 aromatic rings. The van der Waals surface area contributed by atoms with Gasteiger partial charge in [-0.25, -0.2) is 0 Å². The number of fused-ring (bicyclic) bond motifs is 1. The Morgan fingerprint density at radius 2 is 2.25 bits per heavy atom. The van der Waals surface area contributed by atoms with Crippen molar-refractivity contribution < 1.29 is 0 Å². The third kappa shape index (κ3) is 3.35. The van der Waals surface area contributed by atoms with Gasteiger partial charge in [-0.2, -0.15) is 11.8 Å². The van der Waals surface area contributed by atoms with Gasteiger partial charge in [0.1, 0.15) is 0 Å². The van der Waals surface area contributed by atoms with Crippen molar-refractivity contribution in [2.45, 2.75) is 31.1 Å². The van der Waals surface area contributed by atoms with Crippen molar-refractivity contribution in [3.63, 3.8) is 0 Å². The van der Waals surface area contributed by atoms with Gasteiger partial charge < -0.3 is 5.32 Å². The van der Waals surface area contributed by atoms with Crippen LogP contribution in [-0.2, 0) is 6.54 Å². The van der Waals surface area contributed by atoms with E-state index < -0.39 is 0 Å². The Bertz CT molecular complexity index is 582. The van der Waals surface area contributed by atoms with Gasteiger partial charge in [0.05, 0.1) is 5.52 Å². The van der Waals surface area contributed by atoms with Crippen molar-refractivity contribution in [3.8, 4) is 0 Å². The van der Waals surface area contributed by atoms with Gasteiger partial charge in [0.15, 0.2) is 0 Å². The lowest BCUT2D eigenvalue weighted by atomic mass is 10.1. The van der Waals surface area contributed by atoms with Gasteiger partial charge in [0.25, 0.3) is 0 Å². The highest BCUT2D eigenvalue weighted by Gasteiger charge is 2.13. The first-order chi connectivity index (χ1) is 9.84. The van der Waals surface area contributed by atoms with E-state index >= 15 is 0 Å². The molecule has 106 valence electrons. The summed E-state index contributed by atoms with van der Waals surface area (Å²) >= 11 is 5.72. The topological polar surface area (TPSA) is 24.9 Å². The fraction of sp³-hybridized carbons (Fsp3) is 0.438.